The number of carbonyl (C=O) groups is 1. The van der Waals surface area contributed by atoms with Crippen LogP contribution in [0.25, 0.3) is 16.6 Å². The van der Waals surface area contributed by atoms with E-state index in [1.54, 1.807) is 47.9 Å². The molecule has 0 aliphatic carbocycles. The van der Waals surface area contributed by atoms with Gasteiger partial charge in [0.1, 0.15) is 47.5 Å². The quantitative estimate of drug-likeness (QED) is 0.105. The number of benzene rings is 3. The number of halogens is 3. The molecule has 1 saturated heterocycles. The third-order valence-corrected chi connectivity index (χ3v) is 9.60. The molecule has 1 aliphatic rings. The number of fused-ring (bicyclic) bond motifs is 1. The van der Waals surface area contributed by atoms with Crippen molar-refractivity contribution in [2.75, 3.05) is 71.2 Å². The molecule has 2 heterocycles. The van der Waals surface area contributed by atoms with Crippen LogP contribution in [0.4, 0.5) is 14.5 Å². The van der Waals surface area contributed by atoms with E-state index in [1.165, 1.54) is 36.9 Å². The molecular weight excluding hydrogens is 748 g/mol. The van der Waals surface area contributed by atoms with Gasteiger partial charge in [-0.25, -0.2) is 8.78 Å². The van der Waals surface area contributed by atoms with Gasteiger partial charge in [-0.05, 0) is 64.3 Å². The fourth-order valence-corrected chi connectivity index (χ4v) is 6.74. The fourth-order valence-electron chi connectivity index (χ4n) is 6.74. The van der Waals surface area contributed by atoms with Gasteiger partial charge in [0.15, 0.2) is 0 Å². The lowest BCUT2D eigenvalue weighted by molar-refractivity contribution is -0.917. The monoisotopic (exact) mass is 799 g/mol. The number of aromatic nitrogens is 1. The van der Waals surface area contributed by atoms with Gasteiger partial charge < -0.3 is 49.9 Å². The highest BCUT2D eigenvalue weighted by atomic mass is 79.9. The minimum absolute atomic E-state index is 0. The van der Waals surface area contributed by atoms with Crippen molar-refractivity contribution in [2.45, 2.75) is 59.3 Å². The summed E-state index contributed by atoms with van der Waals surface area (Å²) < 4.78 is 54.6. The average molecular weight is 801 g/mol. The molecule has 1 amide bonds. The first-order valence-corrected chi connectivity index (χ1v) is 18.6. The number of unbranched alkanes of at least 4 members (excludes halogenated alkanes) is 5. The Morgan fingerprint density at radius 2 is 1.43 bits per heavy atom. The molecule has 3 aromatic carbocycles. The Balaban J connectivity index is 0.00000627. The maximum atomic E-state index is 14.2. The molecule has 0 atom stereocenters. The molecule has 12 heteroatoms. The van der Waals surface area contributed by atoms with Crippen molar-refractivity contribution in [1.29, 1.82) is 0 Å². The fraction of sp³-hybridized carbons (Fsp3) is 0.463. The topological polar surface area (TPSA) is 79.2 Å². The van der Waals surface area contributed by atoms with Gasteiger partial charge >= 0.3 is 0 Å². The van der Waals surface area contributed by atoms with Crippen molar-refractivity contribution in [3.05, 3.63) is 88.2 Å². The Bertz CT molecular complexity index is 1840. The maximum absolute atomic E-state index is 14.2. The van der Waals surface area contributed by atoms with Crippen LogP contribution in [-0.2, 0) is 4.74 Å². The molecular formula is C41H52BrF2N3O6. The number of rotatable bonds is 18. The predicted molar refractivity (Wildman–Crippen MR) is 200 cm³/mol. The standard InChI is InChI=1S/C41H52F2N3O6.BrH/c1-5-44(32-23-30(42)22-31(43)24-32)41(48)38-29-45(33-25-35(50-6-2)27-36(26-33)51-7-3)39-28-34(14-15-37(39)40(38)47)52-19-13-11-9-8-10-12-16-46(4)17-20-49-21-18-46;/h14-15,22-29H,5-13,16-21H2,1-4H3;1H/q+1;/p-1. The second-order valence-electron chi connectivity index (χ2n) is 13.5. The Morgan fingerprint density at radius 3 is 2.06 bits per heavy atom. The molecule has 9 nitrogen and oxygen atoms in total. The first-order valence-electron chi connectivity index (χ1n) is 18.6. The summed E-state index contributed by atoms with van der Waals surface area (Å²) in [5, 5.41) is 0.285. The van der Waals surface area contributed by atoms with Crippen molar-refractivity contribution in [3.8, 4) is 22.9 Å². The lowest BCUT2D eigenvalue weighted by atomic mass is 10.1. The molecule has 0 spiro atoms. The third-order valence-electron chi connectivity index (χ3n) is 9.60. The van der Waals surface area contributed by atoms with Gasteiger partial charge in [0.05, 0.1) is 57.8 Å². The van der Waals surface area contributed by atoms with Gasteiger partial charge in [-0.15, -0.1) is 0 Å². The molecule has 0 radical (unpaired) electrons. The summed E-state index contributed by atoms with van der Waals surface area (Å²) in [6.45, 7) is 12.0. The zero-order valence-electron chi connectivity index (χ0n) is 31.3. The van der Waals surface area contributed by atoms with Crippen LogP contribution in [0, 0.1) is 11.6 Å². The Morgan fingerprint density at radius 1 is 0.811 bits per heavy atom. The number of likely N-dealkylation sites (N-methyl/N-ethyl adjacent to an activating group) is 1. The van der Waals surface area contributed by atoms with Crippen LogP contribution in [0.15, 0.2) is 65.6 Å². The second kappa shape index (κ2) is 19.9. The van der Waals surface area contributed by atoms with Crippen molar-refractivity contribution >= 4 is 22.5 Å². The molecule has 0 bridgehead atoms. The predicted octanol–water partition coefficient (Wildman–Crippen LogP) is 4.93. The Labute approximate surface area is 321 Å². The second-order valence-corrected chi connectivity index (χ2v) is 13.5. The summed E-state index contributed by atoms with van der Waals surface area (Å²) in [5.41, 5.74) is 0.462. The third kappa shape index (κ3) is 11.0. The van der Waals surface area contributed by atoms with Gasteiger partial charge in [-0.1, -0.05) is 19.3 Å². The zero-order valence-corrected chi connectivity index (χ0v) is 32.9. The molecule has 0 N–H and O–H groups in total. The molecule has 1 aromatic heterocycles. The average Bonchev–Trinajstić information content (AvgIpc) is 3.11. The van der Waals surface area contributed by atoms with Gasteiger partial charge in [0.2, 0.25) is 5.43 Å². The minimum Gasteiger partial charge on any atom is -1.00 e. The number of hydrogen-bond acceptors (Lipinski definition) is 6. The van der Waals surface area contributed by atoms with Crippen LogP contribution in [0.3, 0.4) is 0 Å². The highest BCUT2D eigenvalue weighted by Crippen LogP contribution is 2.30. The zero-order chi connectivity index (χ0) is 37.1. The van der Waals surface area contributed by atoms with Crippen molar-refractivity contribution in [1.82, 2.24) is 4.57 Å². The van der Waals surface area contributed by atoms with Gasteiger partial charge in [-0.3, -0.25) is 9.59 Å². The number of pyridine rings is 1. The SMILES string of the molecule is CCOc1cc(OCC)cc(-n2cc(C(=O)N(CC)c3cc(F)cc(F)c3)c(=O)c3ccc(OCCCCCCCC[N+]4(C)CCOCC4)cc32)c1.[Br-]. The number of anilines is 1. The van der Waals surface area contributed by atoms with Crippen molar-refractivity contribution < 1.29 is 54.0 Å². The van der Waals surface area contributed by atoms with Gasteiger partial charge in [-0.2, -0.15) is 0 Å². The van der Waals surface area contributed by atoms with E-state index >= 15 is 0 Å². The van der Waals surface area contributed by atoms with E-state index in [-0.39, 0.29) is 40.2 Å². The van der Waals surface area contributed by atoms with E-state index in [1.807, 2.05) is 13.8 Å². The summed E-state index contributed by atoms with van der Waals surface area (Å²) in [7, 11) is 2.33. The largest absolute Gasteiger partial charge is 1.00 e. The normalized spacial score (nSPS) is 13.7. The first kappa shape index (κ1) is 41.8. The maximum Gasteiger partial charge on any atom is 0.263 e. The number of carbonyl (C=O) groups excluding carboxylic acids is 1. The number of morpholine rings is 1. The highest BCUT2D eigenvalue weighted by molar-refractivity contribution is 6.07. The van der Waals surface area contributed by atoms with Gasteiger partial charge in [0.25, 0.3) is 5.91 Å². The minimum atomic E-state index is -0.823. The highest BCUT2D eigenvalue weighted by Gasteiger charge is 2.25. The Kier molecular flexibility index (Phi) is 15.7. The number of ether oxygens (including phenoxy) is 4. The summed E-state index contributed by atoms with van der Waals surface area (Å²) in [4.78, 5) is 29.2. The van der Waals surface area contributed by atoms with Crippen LogP contribution in [0.1, 0.15) is 69.7 Å². The van der Waals surface area contributed by atoms with Crippen LogP contribution < -0.4 is 41.5 Å². The van der Waals surface area contributed by atoms with E-state index in [9.17, 15) is 18.4 Å². The van der Waals surface area contributed by atoms with Crippen LogP contribution in [0.2, 0.25) is 0 Å². The Hall–Kier alpha value is -4.00. The summed E-state index contributed by atoms with van der Waals surface area (Å²) in [6, 6.07) is 13.5. The molecule has 4 aromatic rings. The van der Waals surface area contributed by atoms with E-state index in [4.69, 9.17) is 18.9 Å². The molecule has 5 rings (SSSR count). The number of amides is 1. The molecule has 1 fully saturated rings. The number of quaternary nitrogens is 1. The van der Waals surface area contributed by atoms with E-state index in [2.05, 4.69) is 7.05 Å². The summed E-state index contributed by atoms with van der Waals surface area (Å²) >= 11 is 0. The van der Waals surface area contributed by atoms with Crippen LogP contribution in [0.5, 0.6) is 17.2 Å². The molecule has 53 heavy (non-hydrogen) atoms. The lowest BCUT2D eigenvalue weighted by Crippen LogP contribution is -3.00. The molecule has 288 valence electrons. The van der Waals surface area contributed by atoms with Crippen LogP contribution in [-0.4, -0.2) is 81.2 Å². The molecule has 1 aliphatic heterocycles. The summed E-state index contributed by atoms with van der Waals surface area (Å²) in [6.07, 6.45) is 8.26. The van der Waals surface area contributed by atoms with E-state index < -0.39 is 23.0 Å². The molecule has 0 unspecified atom stereocenters. The van der Waals surface area contributed by atoms with E-state index in [0.717, 1.165) is 68.2 Å². The summed E-state index contributed by atoms with van der Waals surface area (Å²) in [5.74, 6) is -0.627. The van der Waals surface area contributed by atoms with Gasteiger partial charge in [0, 0.05) is 54.1 Å². The van der Waals surface area contributed by atoms with Crippen LogP contribution >= 0.6 is 0 Å². The number of hydrogen-bond donors (Lipinski definition) is 0. The van der Waals surface area contributed by atoms with Crippen molar-refractivity contribution in [3.63, 3.8) is 0 Å². The number of nitrogens with zero attached hydrogens (tertiary/aromatic N) is 3. The van der Waals surface area contributed by atoms with E-state index in [0.29, 0.717) is 48.3 Å². The van der Waals surface area contributed by atoms with Crippen molar-refractivity contribution in [2.24, 2.45) is 0 Å². The molecule has 0 saturated carbocycles. The lowest BCUT2D eigenvalue weighted by Gasteiger charge is -2.37. The first-order chi connectivity index (χ1) is 25.1. The smallest absolute Gasteiger partial charge is 0.263 e.